The highest BCUT2D eigenvalue weighted by atomic mass is 16.2. The number of amides is 1. The van der Waals surface area contributed by atoms with Crippen molar-refractivity contribution in [1.29, 1.82) is 0 Å². The highest BCUT2D eigenvalue weighted by molar-refractivity contribution is 5.92. The van der Waals surface area contributed by atoms with Gasteiger partial charge in [0.25, 0.3) is 5.91 Å². The standard InChI is InChI=1S/C24H22N8O/c1-18(19-9-11-21(12-10-19)30-14-5-6-15-30)25-24(33)22-13-16-31(27-22)17-32-28-23(26-29-32)20-7-3-2-4-8-20/h2-16,18H,17H2,1H3,(H,25,33). The number of hydrogen-bond acceptors (Lipinski definition) is 5. The number of aromatic nitrogens is 7. The van der Waals surface area contributed by atoms with E-state index in [1.54, 1.807) is 16.9 Å². The Bertz CT molecular complexity index is 1340. The molecule has 9 heteroatoms. The van der Waals surface area contributed by atoms with Crippen molar-refractivity contribution in [1.82, 2.24) is 39.9 Å². The summed E-state index contributed by atoms with van der Waals surface area (Å²) < 4.78 is 3.63. The molecule has 0 aliphatic rings. The van der Waals surface area contributed by atoms with Gasteiger partial charge in [-0.1, -0.05) is 42.5 Å². The van der Waals surface area contributed by atoms with Crippen LogP contribution in [-0.4, -0.2) is 40.5 Å². The van der Waals surface area contributed by atoms with Gasteiger partial charge in [-0.05, 0) is 48.0 Å². The molecule has 0 aliphatic heterocycles. The second-order valence-corrected chi connectivity index (χ2v) is 7.61. The van der Waals surface area contributed by atoms with Crippen LogP contribution < -0.4 is 5.32 Å². The number of carbonyl (C=O) groups excluding carboxylic acids is 1. The van der Waals surface area contributed by atoms with Crippen molar-refractivity contribution in [3.63, 3.8) is 0 Å². The van der Waals surface area contributed by atoms with E-state index >= 15 is 0 Å². The summed E-state index contributed by atoms with van der Waals surface area (Å²) in [5.41, 5.74) is 3.30. The van der Waals surface area contributed by atoms with Crippen molar-refractivity contribution in [2.45, 2.75) is 19.6 Å². The lowest BCUT2D eigenvalue weighted by Gasteiger charge is -2.14. The molecule has 33 heavy (non-hydrogen) atoms. The minimum absolute atomic E-state index is 0.160. The average Bonchev–Trinajstić information content (AvgIpc) is 3.62. The SMILES string of the molecule is CC(NC(=O)c1ccn(Cn2nnc(-c3ccccc3)n2)n1)c1ccc(-n2cccc2)cc1. The zero-order valence-corrected chi connectivity index (χ0v) is 18.0. The Hall–Kier alpha value is -4.53. The molecule has 0 saturated heterocycles. The molecule has 5 aromatic rings. The fraction of sp³-hybridized carbons (Fsp3) is 0.125. The summed E-state index contributed by atoms with van der Waals surface area (Å²) in [5, 5.41) is 19.9. The van der Waals surface area contributed by atoms with Crippen LogP contribution in [0.25, 0.3) is 17.1 Å². The van der Waals surface area contributed by atoms with E-state index in [1.165, 1.54) is 4.80 Å². The number of carbonyl (C=O) groups is 1. The highest BCUT2D eigenvalue weighted by Crippen LogP contribution is 2.16. The first kappa shape index (κ1) is 20.4. The number of nitrogens with zero attached hydrogens (tertiary/aromatic N) is 7. The van der Waals surface area contributed by atoms with Gasteiger partial charge in [-0.25, -0.2) is 4.68 Å². The maximum absolute atomic E-state index is 12.7. The average molecular weight is 438 g/mol. The van der Waals surface area contributed by atoms with Gasteiger partial charge in [0.1, 0.15) is 5.69 Å². The first-order valence-corrected chi connectivity index (χ1v) is 10.6. The Balaban J connectivity index is 1.21. The van der Waals surface area contributed by atoms with E-state index in [4.69, 9.17) is 0 Å². The lowest BCUT2D eigenvalue weighted by atomic mass is 10.1. The molecule has 0 fully saturated rings. The van der Waals surface area contributed by atoms with Crippen molar-refractivity contribution in [2.75, 3.05) is 0 Å². The summed E-state index contributed by atoms with van der Waals surface area (Å²) in [7, 11) is 0. The van der Waals surface area contributed by atoms with E-state index in [0.29, 0.717) is 11.5 Å². The van der Waals surface area contributed by atoms with Crippen LogP contribution in [0.2, 0.25) is 0 Å². The number of tetrazole rings is 1. The van der Waals surface area contributed by atoms with Crippen molar-refractivity contribution >= 4 is 5.91 Å². The van der Waals surface area contributed by atoms with E-state index in [-0.39, 0.29) is 18.6 Å². The molecular weight excluding hydrogens is 416 g/mol. The van der Waals surface area contributed by atoms with Crippen LogP contribution in [0.1, 0.15) is 29.0 Å². The molecule has 9 nitrogen and oxygen atoms in total. The highest BCUT2D eigenvalue weighted by Gasteiger charge is 2.15. The fourth-order valence-electron chi connectivity index (χ4n) is 3.49. The van der Waals surface area contributed by atoms with Gasteiger partial charge in [-0.15, -0.1) is 15.0 Å². The smallest absolute Gasteiger partial charge is 0.272 e. The van der Waals surface area contributed by atoms with Crippen molar-refractivity contribution in [3.05, 3.63) is 103 Å². The zero-order valence-electron chi connectivity index (χ0n) is 18.0. The lowest BCUT2D eigenvalue weighted by molar-refractivity contribution is 0.0933. The summed E-state index contributed by atoms with van der Waals surface area (Å²) in [6.45, 7) is 2.20. The Kier molecular flexibility index (Phi) is 5.50. The van der Waals surface area contributed by atoms with E-state index in [2.05, 4.69) is 25.8 Å². The Morgan fingerprint density at radius 1 is 0.909 bits per heavy atom. The first-order chi connectivity index (χ1) is 16.2. The molecule has 0 spiro atoms. The third kappa shape index (κ3) is 4.57. The fourth-order valence-corrected chi connectivity index (χ4v) is 3.49. The van der Waals surface area contributed by atoms with Crippen LogP contribution >= 0.6 is 0 Å². The normalized spacial score (nSPS) is 11.9. The van der Waals surface area contributed by atoms with Gasteiger partial charge in [-0.2, -0.15) is 5.10 Å². The molecule has 1 N–H and O–H groups in total. The molecule has 1 unspecified atom stereocenters. The third-order valence-electron chi connectivity index (χ3n) is 5.27. The molecule has 0 aliphatic carbocycles. The van der Waals surface area contributed by atoms with Gasteiger partial charge < -0.3 is 9.88 Å². The van der Waals surface area contributed by atoms with Crippen LogP contribution in [0, 0.1) is 0 Å². The quantitative estimate of drug-likeness (QED) is 0.421. The maximum Gasteiger partial charge on any atom is 0.272 e. The van der Waals surface area contributed by atoms with Gasteiger partial charge in [0.2, 0.25) is 5.82 Å². The Morgan fingerprint density at radius 3 is 2.42 bits per heavy atom. The van der Waals surface area contributed by atoms with E-state index < -0.39 is 0 Å². The summed E-state index contributed by atoms with van der Waals surface area (Å²) in [6.07, 6.45) is 5.71. The minimum Gasteiger partial charge on any atom is -0.344 e. The van der Waals surface area contributed by atoms with Crippen LogP contribution in [-0.2, 0) is 6.67 Å². The number of benzene rings is 2. The lowest BCUT2D eigenvalue weighted by Crippen LogP contribution is -2.27. The Morgan fingerprint density at radius 2 is 1.67 bits per heavy atom. The van der Waals surface area contributed by atoms with Crippen molar-refractivity contribution < 1.29 is 4.79 Å². The van der Waals surface area contributed by atoms with Crippen LogP contribution in [0.3, 0.4) is 0 Å². The molecule has 0 saturated carbocycles. The van der Waals surface area contributed by atoms with Crippen molar-refractivity contribution in [3.8, 4) is 17.1 Å². The minimum atomic E-state index is -0.243. The molecule has 1 atom stereocenters. The Labute approximate surface area is 190 Å². The second kappa shape index (κ2) is 8.91. The molecule has 3 heterocycles. The van der Waals surface area contributed by atoms with Crippen LogP contribution in [0.5, 0.6) is 0 Å². The third-order valence-corrected chi connectivity index (χ3v) is 5.27. The summed E-state index contributed by atoms with van der Waals surface area (Å²) >= 11 is 0. The predicted octanol–water partition coefficient (Wildman–Crippen LogP) is 3.32. The van der Waals surface area contributed by atoms with Crippen molar-refractivity contribution in [2.24, 2.45) is 0 Å². The van der Waals surface area contributed by atoms with Gasteiger partial charge in [-0.3, -0.25) is 4.79 Å². The summed E-state index contributed by atoms with van der Waals surface area (Å²) in [4.78, 5) is 14.1. The monoisotopic (exact) mass is 438 g/mol. The maximum atomic E-state index is 12.7. The summed E-state index contributed by atoms with van der Waals surface area (Å²) in [5.74, 6) is 0.296. The number of nitrogens with one attached hydrogen (secondary N) is 1. The van der Waals surface area contributed by atoms with E-state index in [1.807, 2.05) is 90.6 Å². The van der Waals surface area contributed by atoms with Gasteiger partial charge in [0.15, 0.2) is 6.67 Å². The van der Waals surface area contributed by atoms with Gasteiger partial charge in [0, 0.05) is 29.8 Å². The number of hydrogen-bond donors (Lipinski definition) is 1. The molecule has 5 rings (SSSR count). The molecule has 2 aromatic carbocycles. The molecule has 164 valence electrons. The van der Waals surface area contributed by atoms with Gasteiger partial charge >= 0.3 is 0 Å². The van der Waals surface area contributed by atoms with E-state index in [0.717, 1.165) is 16.8 Å². The topological polar surface area (TPSA) is 95.5 Å². The van der Waals surface area contributed by atoms with Crippen LogP contribution in [0.15, 0.2) is 91.4 Å². The molecule has 0 radical (unpaired) electrons. The van der Waals surface area contributed by atoms with Crippen LogP contribution in [0.4, 0.5) is 0 Å². The molecule has 3 aromatic heterocycles. The number of rotatable bonds is 7. The molecule has 0 bridgehead atoms. The summed E-state index contributed by atoms with van der Waals surface area (Å²) in [6, 6.07) is 23.2. The molecular formula is C24H22N8O. The van der Waals surface area contributed by atoms with Gasteiger partial charge in [0.05, 0.1) is 6.04 Å². The molecule has 1 amide bonds. The second-order valence-electron chi connectivity index (χ2n) is 7.61. The van der Waals surface area contributed by atoms with E-state index in [9.17, 15) is 4.79 Å². The predicted molar refractivity (Wildman–Crippen MR) is 123 cm³/mol. The first-order valence-electron chi connectivity index (χ1n) is 10.6. The zero-order chi connectivity index (χ0) is 22.6. The largest absolute Gasteiger partial charge is 0.344 e.